The molecule has 3 unspecified atom stereocenters. The Morgan fingerprint density at radius 3 is 2.50 bits per heavy atom. The lowest BCUT2D eigenvalue weighted by Crippen LogP contribution is -2.26. The first kappa shape index (κ1) is 14.0. The van der Waals surface area contributed by atoms with Crippen molar-refractivity contribution in [1.29, 1.82) is 0 Å². The quantitative estimate of drug-likeness (QED) is 0.644. The highest BCUT2D eigenvalue weighted by molar-refractivity contribution is 4.79. The minimum Gasteiger partial charge on any atom is -0.393 e. The van der Waals surface area contributed by atoms with Crippen molar-refractivity contribution in [3.63, 3.8) is 0 Å². The van der Waals surface area contributed by atoms with Crippen LogP contribution in [-0.2, 0) is 4.74 Å². The van der Waals surface area contributed by atoms with Gasteiger partial charge in [-0.15, -0.1) is 0 Å². The van der Waals surface area contributed by atoms with Crippen molar-refractivity contribution in [2.24, 2.45) is 5.92 Å². The van der Waals surface area contributed by atoms with Crippen LogP contribution in [0.3, 0.4) is 0 Å². The van der Waals surface area contributed by atoms with Gasteiger partial charge in [-0.05, 0) is 19.8 Å². The Bertz CT molecular complexity index is 170. The molecule has 1 heterocycles. The smallest absolute Gasteiger partial charge is 0.0600 e. The van der Waals surface area contributed by atoms with E-state index in [2.05, 4.69) is 13.8 Å². The van der Waals surface area contributed by atoms with Crippen LogP contribution in [0.2, 0.25) is 0 Å². The van der Waals surface area contributed by atoms with E-state index in [1.807, 2.05) is 0 Å². The fourth-order valence-corrected chi connectivity index (χ4v) is 2.60. The summed E-state index contributed by atoms with van der Waals surface area (Å²) in [5.41, 5.74) is 0. The van der Waals surface area contributed by atoms with E-state index in [0.717, 1.165) is 19.4 Å². The average molecular weight is 228 g/mol. The van der Waals surface area contributed by atoms with E-state index in [0.29, 0.717) is 5.92 Å². The predicted molar refractivity (Wildman–Crippen MR) is 67.5 cm³/mol. The van der Waals surface area contributed by atoms with Gasteiger partial charge >= 0.3 is 0 Å². The van der Waals surface area contributed by atoms with E-state index in [1.54, 1.807) is 0 Å². The van der Waals surface area contributed by atoms with E-state index >= 15 is 0 Å². The molecule has 1 saturated heterocycles. The molecule has 0 aromatic carbocycles. The van der Waals surface area contributed by atoms with Gasteiger partial charge in [-0.1, -0.05) is 45.4 Å². The molecule has 0 aromatic rings. The second-order valence-electron chi connectivity index (χ2n) is 5.15. The summed E-state index contributed by atoms with van der Waals surface area (Å²) in [6.07, 6.45) is 9.93. The first-order valence-corrected chi connectivity index (χ1v) is 7.05. The third kappa shape index (κ3) is 4.84. The Kier molecular flexibility index (Phi) is 7.06. The van der Waals surface area contributed by atoms with Gasteiger partial charge in [0.1, 0.15) is 0 Å². The lowest BCUT2D eigenvalue weighted by atomic mass is 9.92. The first-order chi connectivity index (χ1) is 7.75. The lowest BCUT2D eigenvalue weighted by molar-refractivity contribution is 0.0383. The number of aliphatic hydroxyl groups excluding tert-OH is 1. The van der Waals surface area contributed by atoms with Crippen LogP contribution in [-0.4, -0.2) is 23.9 Å². The number of hydrogen-bond donors (Lipinski definition) is 1. The molecule has 0 saturated carbocycles. The van der Waals surface area contributed by atoms with Crippen molar-refractivity contribution in [3.05, 3.63) is 0 Å². The summed E-state index contributed by atoms with van der Waals surface area (Å²) < 4.78 is 5.49. The molecule has 1 fully saturated rings. The summed E-state index contributed by atoms with van der Waals surface area (Å²) in [7, 11) is 0. The number of aliphatic hydroxyl groups is 1. The third-order valence-corrected chi connectivity index (χ3v) is 3.78. The maximum Gasteiger partial charge on any atom is 0.0600 e. The molecule has 1 N–H and O–H groups in total. The summed E-state index contributed by atoms with van der Waals surface area (Å²) in [4.78, 5) is 0. The lowest BCUT2D eigenvalue weighted by Gasteiger charge is -2.20. The minimum atomic E-state index is -0.135. The molecule has 1 aliphatic heterocycles. The average Bonchev–Trinajstić information content (AvgIpc) is 2.69. The second-order valence-corrected chi connectivity index (χ2v) is 5.15. The molecule has 2 heteroatoms. The van der Waals surface area contributed by atoms with Crippen LogP contribution in [0.1, 0.15) is 65.2 Å². The van der Waals surface area contributed by atoms with Gasteiger partial charge in [0.15, 0.2) is 0 Å². The van der Waals surface area contributed by atoms with Crippen molar-refractivity contribution >= 4 is 0 Å². The molecule has 96 valence electrons. The van der Waals surface area contributed by atoms with Crippen molar-refractivity contribution < 1.29 is 9.84 Å². The molecular weight excluding hydrogens is 200 g/mol. The van der Waals surface area contributed by atoms with Crippen molar-refractivity contribution in [3.8, 4) is 0 Å². The van der Waals surface area contributed by atoms with E-state index in [1.165, 1.54) is 38.5 Å². The summed E-state index contributed by atoms with van der Waals surface area (Å²) >= 11 is 0. The SMILES string of the molecule is CCCCCCCCC(O)C1CCOC1C. The number of rotatable bonds is 8. The molecular formula is C14H28O2. The predicted octanol–water partition coefficient (Wildman–Crippen LogP) is 3.52. The molecule has 0 spiro atoms. The highest BCUT2D eigenvalue weighted by Gasteiger charge is 2.29. The fourth-order valence-electron chi connectivity index (χ4n) is 2.60. The zero-order valence-corrected chi connectivity index (χ0v) is 11.0. The van der Waals surface area contributed by atoms with Gasteiger partial charge in [0, 0.05) is 12.5 Å². The zero-order valence-electron chi connectivity index (χ0n) is 11.0. The summed E-state index contributed by atoms with van der Waals surface area (Å²) in [5, 5.41) is 10.0. The van der Waals surface area contributed by atoms with E-state index in [9.17, 15) is 5.11 Å². The molecule has 0 aromatic heterocycles. The zero-order chi connectivity index (χ0) is 11.8. The number of unbranched alkanes of at least 4 members (excludes halogenated alkanes) is 5. The van der Waals surface area contributed by atoms with E-state index < -0.39 is 0 Å². The van der Waals surface area contributed by atoms with Crippen molar-refractivity contribution in [2.45, 2.75) is 77.4 Å². The van der Waals surface area contributed by atoms with Crippen LogP contribution < -0.4 is 0 Å². The Balaban J connectivity index is 1.99. The van der Waals surface area contributed by atoms with Crippen LogP contribution in [0.4, 0.5) is 0 Å². The molecule has 0 amide bonds. The molecule has 0 aliphatic carbocycles. The Hall–Kier alpha value is -0.0800. The van der Waals surface area contributed by atoms with Crippen LogP contribution >= 0.6 is 0 Å². The van der Waals surface area contributed by atoms with Gasteiger partial charge in [-0.3, -0.25) is 0 Å². The molecule has 2 nitrogen and oxygen atoms in total. The Morgan fingerprint density at radius 2 is 1.88 bits per heavy atom. The summed E-state index contributed by atoms with van der Waals surface area (Å²) in [6.45, 7) is 5.16. The standard InChI is InChI=1S/C14H28O2/c1-3-4-5-6-7-8-9-14(15)13-10-11-16-12(13)2/h12-15H,3-11H2,1-2H3. The minimum absolute atomic E-state index is 0.135. The van der Waals surface area contributed by atoms with Crippen LogP contribution in [0.5, 0.6) is 0 Å². The molecule has 1 rings (SSSR count). The molecule has 1 aliphatic rings. The maximum absolute atomic E-state index is 10.0. The van der Waals surface area contributed by atoms with Gasteiger partial charge in [0.2, 0.25) is 0 Å². The van der Waals surface area contributed by atoms with Crippen LogP contribution in [0.25, 0.3) is 0 Å². The van der Waals surface area contributed by atoms with Gasteiger partial charge < -0.3 is 9.84 Å². The van der Waals surface area contributed by atoms with E-state index in [4.69, 9.17) is 4.74 Å². The topological polar surface area (TPSA) is 29.5 Å². The maximum atomic E-state index is 10.0. The molecule has 0 bridgehead atoms. The van der Waals surface area contributed by atoms with Crippen LogP contribution in [0.15, 0.2) is 0 Å². The largest absolute Gasteiger partial charge is 0.393 e. The second kappa shape index (κ2) is 8.08. The van der Waals surface area contributed by atoms with E-state index in [-0.39, 0.29) is 12.2 Å². The monoisotopic (exact) mass is 228 g/mol. The van der Waals surface area contributed by atoms with Gasteiger partial charge in [0.25, 0.3) is 0 Å². The Labute approximate surface area is 100 Å². The van der Waals surface area contributed by atoms with Crippen molar-refractivity contribution in [1.82, 2.24) is 0 Å². The fraction of sp³-hybridized carbons (Fsp3) is 1.00. The third-order valence-electron chi connectivity index (χ3n) is 3.78. The van der Waals surface area contributed by atoms with Crippen LogP contribution in [0, 0.1) is 5.92 Å². The molecule has 3 atom stereocenters. The van der Waals surface area contributed by atoms with Gasteiger partial charge in [-0.25, -0.2) is 0 Å². The van der Waals surface area contributed by atoms with Gasteiger partial charge in [0.05, 0.1) is 12.2 Å². The Morgan fingerprint density at radius 1 is 1.19 bits per heavy atom. The highest BCUT2D eigenvalue weighted by Crippen LogP contribution is 2.26. The molecule has 16 heavy (non-hydrogen) atoms. The van der Waals surface area contributed by atoms with Crippen molar-refractivity contribution in [2.75, 3.05) is 6.61 Å². The molecule has 0 radical (unpaired) electrons. The number of hydrogen-bond acceptors (Lipinski definition) is 2. The highest BCUT2D eigenvalue weighted by atomic mass is 16.5. The first-order valence-electron chi connectivity index (χ1n) is 7.05. The summed E-state index contributed by atoms with van der Waals surface area (Å²) in [6, 6.07) is 0. The van der Waals surface area contributed by atoms with Gasteiger partial charge in [-0.2, -0.15) is 0 Å². The number of ether oxygens (including phenoxy) is 1. The normalized spacial score (nSPS) is 27.2. The summed E-state index contributed by atoms with van der Waals surface area (Å²) in [5.74, 6) is 0.385.